The fourth-order valence-electron chi connectivity index (χ4n) is 3.50. The normalized spacial score (nSPS) is 14.8. The molecule has 184 valence electrons. The molecule has 1 aliphatic heterocycles. The summed E-state index contributed by atoms with van der Waals surface area (Å²) in [6.07, 6.45) is 4.56. The maximum absolute atomic E-state index is 12.9. The van der Waals surface area contributed by atoms with E-state index in [9.17, 15) is 13.2 Å². The van der Waals surface area contributed by atoms with Gasteiger partial charge in [-0.1, -0.05) is 36.0 Å². The summed E-state index contributed by atoms with van der Waals surface area (Å²) >= 11 is 17.1. The van der Waals surface area contributed by atoms with Crippen molar-refractivity contribution in [2.24, 2.45) is 0 Å². The Hall–Kier alpha value is -1.91. The smallest absolute Gasteiger partial charge is 0.243 e. The summed E-state index contributed by atoms with van der Waals surface area (Å²) in [6.45, 7) is 1.41. The second kappa shape index (κ2) is 12.7. The molecule has 0 aliphatic carbocycles. The lowest BCUT2D eigenvalue weighted by atomic mass is 10.2. The molecule has 34 heavy (non-hydrogen) atoms. The Balaban J connectivity index is 1.43. The van der Waals surface area contributed by atoms with Crippen LogP contribution in [0.25, 0.3) is 0 Å². The Morgan fingerprint density at radius 1 is 1.03 bits per heavy atom. The Morgan fingerprint density at radius 3 is 2.35 bits per heavy atom. The fraction of sp³-hybridized carbons (Fsp3) is 0.391. The molecule has 2 aromatic rings. The van der Waals surface area contributed by atoms with Gasteiger partial charge in [-0.15, -0.1) is 0 Å². The van der Waals surface area contributed by atoms with Crippen molar-refractivity contribution in [1.29, 1.82) is 0 Å². The van der Waals surface area contributed by atoms with Crippen molar-refractivity contribution < 1.29 is 17.9 Å². The molecular formula is C23H27Cl2N3O4S2. The molecule has 0 saturated carbocycles. The van der Waals surface area contributed by atoms with Crippen molar-refractivity contribution in [3.05, 3.63) is 52.5 Å². The number of carbonyl (C=O) groups is 1. The van der Waals surface area contributed by atoms with E-state index in [1.165, 1.54) is 0 Å². The van der Waals surface area contributed by atoms with Gasteiger partial charge in [-0.25, -0.2) is 8.42 Å². The van der Waals surface area contributed by atoms with Gasteiger partial charge in [0.25, 0.3) is 0 Å². The summed E-state index contributed by atoms with van der Waals surface area (Å²) in [4.78, 5) is 12.4. The van der Waals surface area contributed by atoms with Crippen molar-refractivity contribution in [3.8, 4) is 5.75 Å². The second-order valence-electron chi connectivity index (χ2n) is 7.87. The van der Waals surface area contributed by atoms with Gasteiger partial charge in [-0.05, 0) is 73.9 Å². The number of sulfonamides is 1. The lowest BCUT2D eigenvalue weighted by Crippen LogP contribution is -2.34. The van der Waals surface area contributed by atoms with Crippen molar-refractivity contribution in [2.45, 2.75) is 43.4 Å². The molecular weight excluding hydrogens is 517 g/mol. The summed E-state index contributed by atoms with van der Waals surface area (Å²) in [7, 11) is -3.51. The minimum Gasteiger partial charge on any atom is -0.492 e. The first-order valence-electron chi connectivity index (χ1n) is 11.0. The summed E-state index contributed by atoms with van der Waals surface area (Å²) < 4.78 is 32.8. The number of halogens is 2. The minimum absolute atomic E-state index is 0.134. The number of anilines is 1. The van der Waals surface area contributed by atoms with E-state index < -0.39 is 10.0 Å². The van der Waals surface area contributed by atoms with Gasteiger partial charge in [0.05, 0.1) is 16.5 Å². The molecule has 1 aliphatic rings. The highest BCUT2D eigenvalue weighted by Gasteiger charge is 2.24. The van der Waals surface area contributed by atoms with E-state index in [1.807, 2.05) is 0 Å². The molecule has 1 heterocycles. The molecule has 0 unspecified atom stereocenters. The zero-order valence-electron chi connectivity index (χ0n) is 18.6. The summed E-state index contributed by atoms with van der Waals surface area (Å²) in [5.41, 5.74) is 0.584. The molecule has 0 bridgehead atoms. The summed E-state index contributed by atoms with van der Waals surface area (Å²) in [5.74, 6) is 0.244. The third-order valence-corrected chi connectivity index (χ3v) is 7.92. The number of nitrogens with zero attached hydrogens (tertiary/aromatic N) is 1. The average molecular weight is 545 g/mol. The van der Waals surface area contributed by atoms with Gasteiger partial charge in [0.15, 0.2) is 5.11 Å². The third-order valence-electron chi connectivity index (χ3n) is 5.27. The number of carbonyl (C=O) groups excluding carboxylic acids is 1. The van der Waals surface area contributed by atoms with Crippen LogP contribution in [-0.4, -0.2) is 43.4 Å². The van der Waals surface area contributed by atoms with E-state index >= 15 is 0 Å². The van der Waals surface area contributed by atoms with Crippen LogP contribution in [0.1, 0.15) is 38.5 Å². The second-order valence-corrected chi connectivity index (χ2v) is 11.1. The molecule has 0 atom stereocenters. The van der Waals surface area contributed by atoms with E-state index in [0.29, 0.717) is 47.6 Å². The van der Waals surface area contributed by atoms with Gasteiger partial charge in [0.1, 0.15) is 5.75 Å². The van der Waals surface area contributed by atoms with Crippen molar-refractivity contribution in [2.75, 3.05) is 25.0 Å². The summed E-state index contributed by atoms with van der Waals surface area (Å²) in [5, 5.41) is 6.57. The van der Waals surface area contributed by atoms with Gasteiger partial charge in [0, 0.05) is 30.2 Å². The van der Waals surface area contributed by atoms with Crippen LogP contribution in [0.3, 0.4) is 0 Å². The molecule has 7 nitrogen and oxygen atoms in total. The number of benzene rings is 2. The Morgan fingerprint density at radius 2 is 1.71 bits per heavy atom. The molecule has 3 rings (SSSR count). The van der Waals surface area contributed by atoms with Crippen molar-refractivity contribution in [1.82, 2.24) is 9.62 Å². The van der Waals surface area contributed by atoms with E-state index in [1.54, 1.807) is 46.8 Å². The zero-order valence-corrected chi connectivity index (χ0v) is 21.7. The molecule has 0 aromatic heterocycles. The van der Waals surface area contributed by atoms with E-state index in [4.69, 9.17) is 40.2 Å². The molecule has 2 N–H and O–H groups in total. The molecule has 1 fully saturated rings. The topological polar surface area (TPSA) is 87.7 Å². The Bertz CT molecular complexity index is 1100. The molecule has 0 radical (unpaired) electrons. The Labute approximate surface area is 215 Å². The maximum atomic E-state index is 12.9. The van der Waals surface area contributed by atoms with Gasteiger partial charge in [0.2, 0.25) is 15.9 Å². The van der Waals surface area contributed by atoms with E-state index in [-0.39, 0.29) is 22.3 Å². The first kappa shape index (κ1) is 26.7. The van der Waals surface area contributed by atoms with Crippen LogP contribution in [0.4, 0.5) is 5.69 Å². The SMILES string of the molecule is O=C(CCCOc1ccc(Cl)cc1Cl)NC(=S)Nc1ccc(S(=O)(=O)N2CCCCCC2)cc1. The third kappa shape index (κ3) is 7.81. The van der Waals surface area contributed by atoms with E-state index in [0.717, 1.165) is 25.7 Å². The van der Waals surface area contributed by atoms with E-state index in [2.05, 4.69) is 10.6 Å². The number of hydrogen-bond donors (Lipinski definition) is 2. The molecule has 1 saturated heterocycles. The highest BCUT2D eigenvalue weighted by atomic mass is 35.5. The lowest BCUT2D eigenvalue weighted by Gasteiger charge is -2.20. The number of hydrogen-bond acceptors (Lipinski definition) is 5. The molecule has 2 aromatic carbocycles. The van der Waals surface area contributed by atoms with Crippen LogP contribution in [0.2, 0.25) is 10.0 Å². The maximum Gasteiger partial charge on any atom is 0.243 e. The first-order valence-corrected chi connectivity index (χ1v) is 13.6. The van der Waals surface area contributed by atoms with Gasteiger partial charge < -0.3 is 15.4 Å². The van der Waals surface area contributed by atoms with Gasteiger partial charge in [-0.3, -0.25) is 4.79 Å². The quantitative estimate of drug-likeness (QED) is 0.350. The van der Waals surface area contributed by atoms with Crippen LogP contribution >= 0.6 is 35.4 Å². The number of nitrogens with one attached hydrogen (secondary N) is 2. The first-order chi connectivity index (χ1) is 16.3. The summed E-state index contributed by atoms with van der Waals surface area (Å²) in [6, 6.07) is 11.3. The Kier molecular flexibility index (Phi) is 9.97. The van der Waals surface area contributed by atoms with Gasteiger partial charge >= 0.3 is 0 Å². The molecule has 1 amide bonds. The number of thiocarbonyl (C=S) groups is 1. The predicted octanol–water partition coefficient (Wildman–Crippen LogP) is 5.23. The number of amides is 1. The zero-order chi connectivity index (χ0) is 24.6. The van der Waals surface area contributed by atoms with Crippen LogP contribution in [0, 0.1) is 0 Å². The predicted molar refractivity (Wildman–Crippen MR) is 139 cm³/mol. The lowest BCUT2D eigenvalue weighted by molar-refractivity contribution is -0.119. The monoisotopic (exact) mass is 543 g/mol. The molecule has 11 heteroatoms. The van der Waals surface area contributed by atoms with Crippen molar-refractivity contribution >= 4 is 62.2 Å². The van der Waals surface area contributed by atoms with Crippen LogP contribution in [0.5, 0.6) is 5.75 Å². The van der Waals surface area contributed by atoms with Crippen LogP contribution in [-0.2, 0) is 14.8 Å². The number of rotatable bonds is 8. The standard InChI is InChI=1S/C23H27Cl2N3O4S2/c24-17-7-12-21(20(25)16-17)32-15-5-6-22(29)27-23(33)26-18-8-10-19(11-9-18)34(30,31)28-13-3-1-2-4-14-28/h7-12,16H,1-6,13-15H2,(H2,26,27,29,33). The fourth-order valence-corrected chi connectivity index (χ4v) is 5.71. The van der Waals surface area contributed by atoms with Gasteiger partial charge in [-0.2, -0.15) is 4.31 Å². The number of ether oxygens (including phenoxy) is 1. The highest BCUT2D eigenvalue weighted by molar-refractivity contribution is 7.89. The molecule has 0 spiro atoms. The largest absolute Gasteiger partial charge is 0.492 e. The van der Waals surface area contributed by atoms with Crippen LogP contribution < -0.4 is 15.4 Å². The van der Waals surface area contributed by atoms with Crippen molar-refractivity contribution in [3.63, 3.8) is 0 Å². The highest BCUT2D eigenvalue weighted by Crippen LogP contribution is 2.27. The average Bonchev–Trinajstić information content (AvgIpc) is 3.08. The van der Waals surface area contributed by atoms with Crippen LogP contribution in [0.15, 0.2) is 47.4 Å². The minimum atomic E-state index is -3.51.